The van der Waals surface area contributed by atoms with Gasteiger partial charge in [-0.2, -0.15) is 10.4 Å². The number of halogens is 2. The number of rotatable bonds is 5. The second-order valence-corrected chi connectivity index (χ2v) is 9.09. The topological polar surface area (TPSA) is 86.8 Å². The van der Waals surface area contributed by atoms with E-state index in [9.17, 15) is 4.79 Å². The molecule has 1 aliphatic rings. The van der Waals surface area contributed by atoms with E-state index in [4.69, 9.17) is 28.5 Å². The molecule has 1 aromatic carbocycles. The van der Waals surface area contributed by atoms with Gasteiger partial charge in [0.2, 0.25) is 5.91 Å². The highest BCUT2D eigenvalue weighted by atomic mass is 35.5. The number of nitriles is 1. The van der Waals surface area contributed by atoms with Gasteiger partial charge in [0.05, 0.1) is 27.5 Å². The van der Waals surface area contributed by atoms with Crippen LogP contribution in [0.1, 0.15) is 38.2 Å². The largest absolute Gasteiger partial charge is 0.367 e. The molecule has 0 aliphatic heterocycles. The quantitative estimate of drug-likeness (QED) is 0.523. The number of benzene rings is 1. The van der Waals surface area contributed by atoms with Gasteiger partial charge in [-0.3, -0.25) is 9.48 Å². The summed E-state index contributed by atoms with van der Waals surface area (Å²) in [4.78, 5) is 18.7. The number of carbonyl (C=O) groups excluding carboxylic acids is 1. The lowest BCUT2D eigenvalue weighted by molar-refractivity contribution is -0.117. The molecule has 1 fully saturated rings. The molecule has 1 saturated carbocycles. The molecule has 7 nitrogen and oxygen atoms in total. The van der Waals surface area contributed by atoms with E-state index in [1.54, 1.807) is 35.0 Å². The van der Waals surface area contributed by atoms with Crippen molar-refractivity contribution in [3.8, 4) is 17.2 Å². The smallest absolute Gasteiger partial charge is 0.224 e. The van der Waals surface area contributed by atoms with E-state index >= 15 is 0 Å². The normalized spacial score (nSPS) is 17.9. The second-order valence-electron chi connectivity index (χ2n) is 8.27. The maximum atomic E-state index is 12.7. The van der Waals surface area contributed by atoms with E-state index in [2.05, 4.69) is 21.5 Å². The Morgan fingerprint density at radius 1 is 1.15 bits per heavy atom. The van der Waals surface area contributed by atoms with Gasteiger partial charge in [0.1, 0.15) is 11.9 Å². The number of hydrogen-bond donors (Lipinski definition) is 1. The molecule has 0 saturated heterocycles. The SMILES string of the molecule is CC(=O)N(c1c(Cl)cc(-c2cnn(C)c2)cc1Cl)[C@H]1CC[C@H](Nc2ccc(C#N)cn2)CC1. The highest BCUT2D eigenvalue weighted by Crippen LogP contribution is 2.41. The standard InChI is InChI=1S/C24H24Cl2N6O/c1-15(33)32(24-21(25)9-17(10-22(24)26)18-13-29-31(2)14-18)20-6-4-19(5-7-20)30-23-8-3-16(11-27)12-28-23/h3,8-10,12-14,19-20H,4-7H2,1-2H3,(H,28,30)/t19-,20-. The Labute approximate surface area is 202 Å². The Morgan fingerprint density at radius 3 is 2.36 bits per heavy atom. The molecule has 1 amide bonds. The first-order chi connectivity index (χ1) is 15.9. The average molecular weight is 483 g/mol. The molecule has 0 bridgehead atoms. The van der Waals surface area contributed by atoms with Gasteiger partial charge in [0, 0.05) is 44.0 Å². The molecular formula is C24H24Cl2N6O. The minimum Gasteiger partial charge on any atom is -0.367 e. The maximum Gasteiger partial charge on any atom is 0.224 e. The lowest BCUT2D eigenvalue weighted by Gasteiger charge is -2.37. The summed E-state index contributed by atoms with van der Waals surface area (Å²) >= 11 is 13.3. The molecule has 3 aromatic rings. The van der Waals surface area contributed by atoms with Crippen molar-refractivity contribution in [2.75, 3.05) is 10.2 Å². The number of anilines is 2. The summed E-state index contributed by atoms with van der Waals surface area (Å²) in [6.45, 7) is 1.55. The minimum absolute atomic E-state index is 0.00807. The average Bonchev–Trinajstić information content (AvgIpc) is 3.23. The zero-order chi connectivity index (χ0) is 23.5. The van der Waals surface area contributed by atoms with Crippen molar-refractivity contribution in [1.82, 2.24) is 14.8 Å². The second kappa shape index (κ2) is 9.82. The van der Waals surface area contributed by atoms with Crippen LogP contribution in [0.2, 0.25) is 10.0 Å². The Kier molecular flexibility index (Phi) is 6.87. The van der Waals surface area contributed by atoms with Crippen molar-refractivity contribution < 1.29 is 4.79 Å². The van der Waals surface area contributed by atoms with Crippen molar-refractivity contribution >= 4 is 40.6 Å². The summed E-state index contributed by atoms with van der Waals surface area (Å²) in [5.74, 6) is 0.663. The van der Waals surface area contributed by atoms with Crippen molar-refractivity contribution in [1.29, 1.82) is 5.26 Å². The van der Waals surface area contributed by atoms with Gasteiger partial charge in [-0.1, -0.05) is 23.2 Å². The van der Waals surface area contributed by atoms with Gasteiger partial charge in [-0.25, -0.2) is 4.98 Å². The fourth-order valence-electron chi connectivity index (χ4n) is 4.36. The van der Waals surface area contributed by atoms with Crippen LogP contribution in [0, 0.1) is 11.3 Å². The third-order valence-corrected chi connectivity index (χ3v) is 6.52. The molecule has 0 radical (unpaired) electrons. The summed E-state index contributed by atoms with van der Waals surface area (Å²) in [6, 6.07) is 9.55. The van der Waals surface area contributed by atoms with Crippen LogP contribution in [0.15, 0.2) is 42.9 Å². The van der Waals surface area contributed by atoms with E-state index in [-0.39, 0.29) is 18.0 Å². The summed E-state index contributed by atoms with van der Waals surface area (Å²) in [7, 11) is 1.85. The molecule has 1 aliphatic carbocycles. The van der Waals surface area contributed by atoms with Crippen LogP contribution >= 0.6 is 23.2 Å². The van der Waals surface area contributed by atoms with E-state index in [1.807, 2.05) is 31.4 Å². The highest BCUT2D eigenvalue weighted by Gasteiger charge is 2.31. The molecular weight excluding hydrogens is 459 g/mol. The van der Waals surface area contributed by atoms with Gasteiger partial charge in [-0.15, -0.1) is 0 Å². The molecule has 1 N–H and O–H groups in total. The molecule has 0 atom stereocenters. The number of nitrogens with one attached hydrogen (secondary N) is 1. The van der Waals surface area contributed by atoms with Crippen LogP contribution in [0.3, 0.4) is 0 Å². The number of amides is 1. The Morgan fingerprint density at radius 2 is 1.85 bits per heavy atom. The summed E-state index contributed by atoms with van der Waals surface area (Å²) in [5, 5.41) is 17.4. The third kappa shape index (κ3) is 5.13. The molecule has 33 heavy (non-hydrogen) atoms. The Bertz CT molecular complexity index is 1170. The number of carbonyl (C=O) groups is 1. The maximum absolute atomic E-state index is 12.7. The fraction of sp³-hybridized carbons (Fsp3) is 0.333. The van der Waals surface area contributed by atoms with Crippen LogP contribution in [0.25, 0.3) is 11.1 Å². The summed E-state index contributed by atoms with van der Waals surface area (Å²) < 4.78 is 1.72. The molecule has 2 heterocycles. The van der Waals surface area contributed by atoms with Crippen molar-refractivity contribution in [2.24, 2.45) is 7.05 Å². The van der Waals surface area contributed by atoms with Crippen molar-refractivity contribution in [3.05, 3.63) is 58.5 Å². The lowest BCUT2D eigenvalue weighted by Crippen LogP contribution is -2.43. The van der Waals surface area contributed by atoms with Gasteiger partial charge < -0.3 is 10.2 Å². The monoisotopic (exact) mass is 482 g/mol. The molecule has 0 unspecified atom stereocenters. The number of aromatic nitrogens is 3. The van der Waals surface area contributed by atoms with Crippen LogP contribution in [-0.2, 0) is 11.8 Å². The van der Waals surface area contributed by atoms with Gasteiger partial charge in [0.25, 0.3) is 0 Å². The number of pyridine rings is 1. The van der Waals surface area contributed by atoms with Crippen molar-refractivity contribution in [2.45, 2.75) is 44.7 Å². The predicted octanol–water partition coefficient (Wildman–Crippen LogP) is 5.44. The van der Waals surface area contributed by atoms with Gasteiger partial charge in [0.15, 0.2) is 0 Å². The minimum atomic E-state index is -0.0851. The summed E-state index contributed by atoms with van der Waals surface area (Å²) in [6.07, 6.45) is 8.57. The third-order valence-electron chi connectivity index (χ3n) is 5.94. The Balaban J connectivity index is 1.49. The summed E-state index contributed by atoms with van der Waals surface area (Å²) in [5.41, 5.74) is 2.85. The fourth-order valence-corrected chi connectivity index (χ4v) is 5.03. The molecule has 170 valence electrons. The zero-order valence-corrected chi connectivity index (χ0v) is 19.9. The predicted molar refractivity (Wildman–Crippen MR) is 130 cm³/mol. The van der Waals surface area contributed by atoms with E-state index < -0.39 is 0 Å². The molecule has 9 heteroatoms. The number of hydrogen-bond acceptors (Lipinski definition) is 5. The lowest BCUT2D eigenvalue weighted by atomic mass is 9.89. The molecule has 2 aromatic heterocycles. The first kappa shape index (κ1) is 23.1. The van der Waals surface area contributed by atoms with E-state index in [0.717, 1.165) is 42.6 Å². The van der Waals surface area contributed by atoms with E-state index in [1.165, 1.54) is 0 Å². The Hall–Kier alpha value is -3.08. The first-order valence-electron chi connectivity index (χ1n) is 10.8. The molecule has 4 rings (SSSR count). The highest BCUT2D eigenvalue weighted by molar-refractivity contribution is 6.40. The first-order valence-corrected chi connectivity index (χ1v) is 11.5. The molecule has 0 spiro atoms. The van der Waals surface area contributed by atoms with Crippen LogP contribution in [0.4, 0.5) is 11.5 Å². The zero-order valence-electron chi connectivity index (χ0n) is 18.4. The number of nitrogens with zero attached hydrogens (tertiary/aromatic N) is 5. The van der Waals surface area contributed by atoms with E-state index in [0.29, 0.717) is 21.3 Å². The van der Waals surface area contributed by atoms with Crippen LogP contribution in [0.5, 0.6) is 0 Å². The number of aryl methyl sites for hydroxylation is 1. The van der Waals surface area contributed by atoms with Gasteiger partial charge in [-0.05, 0) is 55.5 Å². The van der Waals surface area contributed by atoms with Crippen LogP contribution < -0.4 is 10.2 Å². The van der Waals surface area contributed by atoms with Gasteiger partial charge >= 0.3 is 0 Å². The van der Waals surface area contributed by atoms with Crippen molar-refractivity contribution in [3.63, 3.8) is 0 Å². The van der Waals surface area contributed by atoms with Crippen LogP contribution in [-0.4, -0.2) is 32.8 Å².